The summed E-state index contributed by atoms with van der Waals surface area (Å²) in [6.07, 6.45) is 1.33. The van der Waals surface area contributed by atoms with Crippen LogP contribution in [-0.2, 0) is 20.9 Å². The molecule has 8 heteroatoms. The molecule has 0 aromatic carbocycles. The number of hydrogen-bond donors (Lipinski definition) is 2. The SMILES string of the molecule is CC(C)C[C@H](NC(=O)OCc1ccccn1)C(=O)N(N)C=O. The molecule has 0 saturated carbocycles. The van der Waals surface area contributed by atoms with E-state index in [9.17, 15) is 14.4 Å². The number of nitrogens with one attached hydrogen (secondary N) is 1. The first-order chi connectivity index (χ1) is 10.4. The number of nitrogens with two attached hydrogens (primary N) is 1. The number of nitrogens with zero attached hydrogens (tertiary/aromatic N) is 2. The van der Waals surface area contributed by atoms with Crippen molar-refractivity contribution in [2.75, 3.05) is 0 Å². The van der Waals surface area contributed by atoms with Crippen molar-refractivity contribution < 1.29 is 19.1 Å². The van der Waals surface area contributed by atoms with Crippen LogP contribution in [0.3, 0.4) is 0 Å². The van der Waals surface area contributed by atoms with E-state index in [1.165, 1.54) is 0 Å². The number of carbonyl (C=O) groups excluding carboxylic acids is 3. The molecule has 0 saturated heterocycles. The lowest BCUT2D eigenvalue weighted by molar-refractivity contribution is -0.140. The first-order valence-electron chi connectivity index (χ1n) is 6.80. The highest BCUT2D eigenvalue weighted by Crippen LogP contribution is 2.07. The fraction of sp³-hybridized carbons (Fsp3) is 0.429. The third kappa shape index (κ3) is 5.88. The summed E-state index contributed by atoms with van der Waals surface area (Å²) in [5, 5.41) is 2.82. The van der Waals surface area contributed by atoms with Crippen LogP contribution in [0.1, 0.15) is 26.0 Å². The molecule has 3 N–H and O–H groups in total. The molecule has 0 fully saturated rings. The predicted octanol–water partition coefficient (Wildman–Crippen LogP) is 0.581. The summed E-state index contributed by atoms with van der Waals surface area (Å²) in [7, 11) is 0. The minimum atomic E-state index is -0.925. The Bertz CT molecular complexity index is 507. The molecule has 1 aromatic heterocycles. The van der Waals surface area contributed by atoms with Crippen molar-refractivity contribution in [3.63, 3.8) is 0 Å². The molecule has 22 heavy (non-hydrogen) atoms. The fourth-order valence-corrected chi connectivity index (χ4v) is 1.73. The molecule has 0 spiro atoms. The van der Waals surface area contributed by atoms with Crippen LogP contribution in [0.2, 0.25) is 0 Å². The van der Waals surface area contributed by atoms with E-state index in [0.29, 0.717) is 17.1 Å². The summed E-state index contributed by atoms with van der Waals surface area (Å²) in [5.41, 5.74) is 0.581. The molecule has 1 aromatic rings. The summed E-state index contributed by atoms with van der Waals surface area (Å²) in [6, 6.07) is 4.30. The van der Waals surface area contributed by atoms with Gasteiger partial charge in [-0.25, -0.2) is 15.6 Å². The van der Waals surface area contributed by atoms with E-state index in [0.717, 1.165) is 0 Å². The second kappa shape index (κ2) is 8.73. The van der Waals surface area contributed by atoms with Crippen LogP contribution in [0, 0.1) is 5.92 Å². The molecule has 0 radical (unpaired) electrons. The van der Waals surface area contributed by atoms with E-state index in [-0.39, 0.29) is 18.9 Å². The van der Waals surface area contributed by atoms with Crippen LogP contribution in [0.5, 0.6) is 0 Å². The number of carbonyl (C=O) groups is 3. The maximum Gasteiger partial charge on any atom is 0.408 e. The highest BCUT2D eigenvalue weighted by atomic mass is 16.5. The van der Waals surface area contributed by atoms with Gasteiger partial charge in [-0.3, -0.25) is 14.6 Å². The van der Waals surface area contributed by atoms with Gasteiger partial charge in [0.1, 0.15) is 12.6 Å². The minimum Gasteiger partial charge on any atom is -0.443 e. The molecule has 0 bridgehead atoms. The first-order valence-corrected chi connectivity index (χ1v) is 6.80. The van der Waals surface area contributed by atoms with Crippen molar-refractivity contribution in [1.29, 1.82) is 0 Å². The zero-order valence-corrected chi connectivity index (χ0v) is 12.6. The summed E-state index contributed by atoms with van der Waals surface area (Å²) < 4.78 is 4.99. The van der Waals surface area contributed by atoms with Gasteiger partial charge in [-0.1, -0.05) is 19.9 Å². The van der Waals surface area contributed by atoms with Gasteiger partial charge in [0.05, 0.1) is 5.69 Å². The van der Waals surface area contributed by atoms with Crippen molar-refractivity contribution in [3.05, 3.63) is 30.1 Å². The topological polar surface area (TPSA) is 115 Å². The lowest BCUT2D eigenvalue weighted by atomic mass is 10.0. The van der Waals surface area contributed by atoms with E-state index in [2.05, 4.69) is 10.3 Å². The molecule has 1 heterocycles. The predicted molar refractivity (Wildman–Crippen MR) is 77.9 cm³/mol. The van der Waals surface area contributed by atoms with E-state index in [4.69, 9.17) is 10.6 Å². The Hall–Kier alpha value is -2.48. The molecule has 0 aliphatic carbocycles. The zero-order chi connectivity index (χ0) is 16.5. The standard InChI is InChI=1S/C14H20N4O4/c1-10(2)7-12(13(20)18(15)9-19)17-14(21)22-8-11-5-3-4-6-16-11/h3-6,9-10,12H,7-8,15H2,1-2H3,(H,17,21)/t12-/m0/s1. The summed E-state index contributed by atoms with van der Waals surface area (Å²) in [6.45, 7) is 3.74. The monoisotopic (exact) mass is 308 g/mol. The molecule has 3 amide bonds. The van der Waals surface area contributed by atoms with Crippen LogP contribution in [0.4, 0.5) is 4.79 Å². The Morgan fingerprint density at radius 1 is 1.45 bits per heavy atom. The quantitative estimate of drug-likeness (QED) is 0.329. The van der Waals surface area contributed by atoms with Gasteiger partial charge in [0.2, 0.25) is 6.41 Å². The van der Waals surface area contributed by atoms with E-state index in [1.54, 1.807) is 24.4 Å². The molecule has 8 nitrogen and oxygen atoms in total. The molecule has 120 valence electrons. The summed E-state index contributed by atoms with van der Waals surface area (Å²) >= 11 is 0. The van der Waals surface area contributed by atoms with Crippen LogP contribution in [0.25, 0.3) is 0 Å². The third-order valence-electron chi connectivity index (χ3n) is 2.74. The van der Waals surface area contributed by atoms with Crippen LogP contribution < -0.4 is 11.2 Å². The average Bonchev–Trinajstić information content (AvgIpc) is 2.51. The Morgan fingerprint density at radius 3 is 2.73 bits per heavy atom. The molecular formula is C14H20N4O4. The van der Waals surface area contributed by atoms with Gasteiger partial charge >= 0.3 is 6.09 Å². The maximum atomic E-state index is 11.9. The van der Waals surface area contributed by atoms with Gasteiger partial charge in [-0.15, -0.1) is 0 Å². The van der Waals surface area contributed by atoms with Crippen LogP contribution in [0.15, 0.2) is 24.4 Å². The van der Waals surface area contributed by atoms with E-state index >= 15 is 0 Å². The summed E-state index contributed by atoms with van der Waals surface area (Å²) in [4.78, 5) is 38.2. The number of hydrogen-bond acceptors (Lipinski definition) is 6. The van der Waals surface area contributed by atoms with Gasteiger partial charge < -0.3 is 10.1 Å². The van der Waals surface area contributed by atoms with Gasteiger partial charge in [0.25, 0.3) is 5.91 Å². The highest BCUT2D eigenvalue weighted by Gasteiger charge is 2.25. The lowest BCUT2D eigenvalue weighted by Crippen LogP contribution is -2.51. The third-order valence-corrected chi connectivity index (χ3v) is 2.74. The van der Waals surface area contributed by atoms with Crippen molar-refractivity contribution in [2.24, 2.45) is 11.8 Å². The second-order valence-electron chi connectivity index (χ2n) is 5.07. The number of aromatic nitrogens is 1. The van der Waals surface area contributed by atoms with Crippen molar-refractivity contribution in [2.45, 2.75) is 32.9 Å². The molecule has 0 aliphatic heterocycles. The van der Waals surface area contributed by atoms with Crippen molar-refractivity contribution in [1.82, 2.24) is 15.3 Å². The Labute approximate surface area is 128 Å². The average molecular weight is 308 g/mol. The number of pyridine rings is 1. The molecule has 1 atom stereocenters. The zero-order valence-electron chi connectivity index (χ0n) is 12.6. The maximum absolute atomic E-state index is 11.9. The van der Waals surface area contributed by atoms with Crippen molar-refractivity contribution in [3.8, 4) is 0 Å². The Morgan fingerprint density at radius 2 is 2.18 bits per heavy atom. The van der Waals surface area contributed by atoms with E-state index in [1.807, 2.05) is 13.8 Å². The first kappa shape index (κ1) is 17.6. The van der Waals surface area contributed by atoms with Gasteiger partial charge in [0.15, 0.2) is 0 Å². The fourth-order valence-electron chi connectivity index (χ4n) is 1.73. The van der Waals surface area contributed by atoms with Crippen LogP contribution >= 0.6 is 0 Å². The smallest absolute Gasteiger partial charge is 0.408 e. The molecule has 0 aliphatic rings. The molecular weight excluding hydrogens is 288 g/mol. The number of amides is 3. The molecule has 0 unspecified atom stereocenters. The highest BCUT2D eigenvalue weighted by molar-refractivity contribution is 5.91. The minimum absolute atomic E-state index is 0.0186. The summed E-state index contributed by atoms with van der Waals surface area (Å²) in [5.74, 6) is 4.67. The second-order valence-corrected chi connectivity index (χ2v) is 5.07. The van der Waals surface area contributed by atoms with Crippen LogP contribution in [-0.4, -0.2) is 34.4 Å². The number of hydrazine groups is 1. The number of alkyl carbamates (subject to hydrolysis) is 1. The Balaban J connectivity index is 2.58. The number of rotatable bonds is 7. The normalized spacial score (nSPS) is 11.6. The Kier molecular flexibility index (Phi) is 6.97. The number of imide groups is 1. The van der Waals surface area contributed by atoms with Gasteiger partial charge in [-0.05, 0) is 24.5 Å². The largest absolute Gasteiger partial charge is 0.443 e. The van der Waals surface area contributed by atoms with Crippen molar-refractivity contribution >= 4 is 18.4 Å². The lowest BCUT2D eigenvalue weighted by Gasteiger charge is -2.21. The number of ether oxygens (including phenoxy) is 1. The molecule has 1 rings (SSSR count). The van der Waals surface area contributed by atoms with Gasteiger partial charge in [0, 0.05) is 6.20 Å². The van der Waals surface area contributed by atoms with E-state index < -0.39 is 18.0 Å². The van der Waals surface area contributed by atoms with Gasteiger partial charge in [-0.2, -0.15) is 0 Å².